The van der Waals surface area contributed by atoms with E-state index in [1.54, 1.807) is 0 Å². The van der Waals surface area contributed by atoms with Crippen molar-refractivity contribution in [1.29, 1.82) is 0 Å². The van der Waals surface area contributed by atoms with Crippen LogP contribution in [-0.4, -0.2) is 65.7 Å². The van der Waals surface area contributed by atoms with Gasteiger partial charge in [-0.15, -0.1) is 0 Å². The average Bonchev–Trinajstić information content (AvgIpc) is 3.27. The van der Waals surface area contributed by atoms with E-state index in [0.717, 1.165) is 32.8 Å². The molecule has 1 saturated heterocycles. The van der Waals surface area contributed by atoms with Crippen LogP contribution in [0.1, 0.15) is 52.4 Å². The van der Waals surface area contributed by atoms with Gasteiger partial charge in [-0.1, -0.05) is 39.5 Å². The Kier molecular flexibility index (Phi) is 7.40. The van der Waals surface area contributed by atoms with E-state index in [2.05, 4.69) is 10.1 Å². The Morgan fingerprint density at radius 1 is 1.32 bits per heavy atom. The molecule has 0 aromatic rings. The second-order valence-corrected chi connectivity index (χ2v) is 8.46. The third kappa shape index (κ3) is 5.21. The molecule has 0 aromatic carbocycles. The highest BCUT2D eigenvalue weighted by Crippen LogP contribution is 2.38. The van der Waals surface area contributed by atoms with E-state index in [1.165, 1.54) is 4.90 Å². The molecule has 0 aromatic heterocycles. The summed E-state index contributed by atoms with van der Waals surface area (Å²) >= 11 is 0. The second-order valence-electron chi connectivity index (χ2n) is 8.46. The van der Waals surface area contributed by atoms with Gasteiger partial charge in [-0.3, -0.25) is 24.9 Å². The molecule has 158 valence electrons. The lowest BCUT2D eigenvalue weighted by atomic mass is 9.84. The van der Waals surface area contributed by atoms with Crippen LogP contribution in [0, 0.1) is 17.3 Å². The Morgan fingerprint density at radius 3 is 2.54 bits per heavy atom. The topological polar surface area (TPSA) is 116 Å². The van der Waals surface area contributed by atoms with E-state index in [9.17, 15) is 24.4 Å². The Hall–Kier alpha value is -2.16. The van der Waals surface area contributed by atoms with Crippen molar-refractivity contribution in [2.45, 2.75) is 58.4 Å². The van der Waals surface area contributed by atoms with Crippen LogP contribution in [0.3, 0.4) is 0 Å². The van der Waals surface area contributed by atoms with E-state index >= 15 is 0 Å². The van der Waals surface area contributed by atoms with E-state index < -0.39 is 29.4 Å². The summed E-state index contributed by atoms with van der Waals surface area (Å²) in [6, 6.07) is -0.825. The maximum atomic E-state index is 13.3. The number of hydrogen-bond donors (Lipinski definition) is 2. The van der Waals surface area contributed by atoms with Crippen molar-refractivity contribution in [2.75, 3.05) is 20.2 Å². The summed E-state index contributed by atoms with van der Waals surface area (Å²) in [4.78, 5) is 49.8. The quantitative estimate of drug-likeness (QED) is 0.382. The number of carbonyl (C=O) groups excluding carboxylic acids is 4. The largest absolute Gasteiger partial charge is 0.453 e. The van der Waals surface area contributed by atoms with Crippen LogP contribution in [0.5, 0.6) is 0 Å². The maximum Gasteiger partial charge on any atom is 0.413 e. The molecular formula is C19H31N3O6. The molecule has 0 spiro atoms. The van der Waals surface area contributed by atoms with Crippen molar-refractivity contribution in [1.82, 2.24) is 15.3 Å². The van der Waals surface area contributed by atoms with E-state index in [-0.39, 0.29) is 18.9 Å². The van der Waals surface area contributed by atoms with Crippen LogP contribution in [0.25, 0.3) is 0 Å². The Bertz CT molecular complexity index is 602. The van der Waals surface area contributed by atoms with E-state index in [1.807, 2.05) is 13.8 Å². The molecule has 0 radical (unpaired) electrons. The highest BCUT2D eigenvalue weighted by atomic mass is 16.5. The molecule has 1 heterocycles. The van der Waals surface area contributed by atoms with Crippen molar-refractivity contribution in [3.8, 4) is 0 Å². The zero-order valence-corrected chi connectivity index (χ0v) is 16.8. The normalized spacial score (nSPS) is 22.6. The third-order valence-corrected chi connectivity index (χ3v) is 5.96. The third-order valence-electron chi connectivity index (χ3n) is 5.96. The number of methoxy groups -OCH3 is 1. The number of nitrogens with one attached hydrogen (secondary N) is 1. The minimum atomic E-state index is -0.870. The molecule has 9 nitrogen and oxygen atoms in total. The predicted molar refractivity (Wildman–Crippen MR) is 99.1 cm³/mol. The Balaban J connectivity index is 2.20. The van der Waals surface area contributed by atoms with Crippen LogP contribution in [0.15, 0.2) is 0 Å². The Labute approximate surface area is 165 Å². The molecule has 1 unspecified atom stereocenters. The highest BCUT2D eigenvalue weighted by molar-refractivity contribution is 5.98. The number of hydroxylamine groups is 2. The monoisotopic (exact) mass is 397 g/mol. The standard InChI is InChI=1S/C19H31N3O6/c1-19(2)8-9-22(15(19)16(24)20-18(26)28-3)17(25)14(11-21(27)12-23)10-13-6-4-5-7-13/h12-15,27H,4-11H2,1-3H3,(H,20,24,26)/t14?,15-/m1/s1. The van der Waals surface area contributed by atoms with Gasteiger partial charge in [-0.25, -0.2) is 9.86 Å². The molecule has 1 aliphatic carbocycles. The Morgan fingerprint density at radius 2 is 1.96 bits per heavy atom. The van der Waals surface area contributed by atoms with Crippen molar-refractivity contribution < 1.29 is 29.1 Å². The SMILES string of the molecule is COC(=O)NC(=O)[C@H]1N(C(=O)C(CC2CCCC2)CN(O)C=O)CCC1(C)C. The maximum absolute atomic E-state index is 13.3. The lowest BCUT2D eigenvalue weighted by Crippen LogP contribution is -2.54. The predicted octanol–water partition coefficient (Wildman–Crippen LogP) is 1.54. The van der Waals surface area contributed by atoms with Crippen LogP contribution in [-0.2, 0) is 19.1 Å². The summed E-state index contributed by atoms with van der Waals surface area (Å²) in [5, 5.41) is 12.3. The zero-order chi connectivity index (χ0) is 20.9. The van der Waals surface area contributed by atoms with Crippen LogP contribution in [0.2, 0.25) is 0 Å². The van der Waals surface area contributed by atoms with Crippen LogP contribution >= 0.6 is 0 Å². The van der Waals surface area contributed by atoms with E-state index in [0.29, 0.717) is 30.4 Å². The number of ether oxygens (including phenoxy) is 1. The smallest absolute Gasteiger partial charge is 0.413 e. The summed E-state index contributed by atoms with van der Waals surface area (Å²) in [5.74, 6) is -1.09. The number of carbonyl (C=O) groups is 4. The number of hydrogen-bond acceptors (Lipinski definition) is 6. The second kappa shape index (κ2) is 9.36. The minimum absolute atomic E-state index is 0.110. The van der Waals surface area contributed by atoms with Gasteiger partial charge < -0.3 is 9.64 Å². The lowest BCUT2D eigenvalue weighted by molar-refractivity contribution is -0.158. The van der Waals surface area contributed by atoms with Gasteiger partial charge in [0.25, 0.3) is 5.91 Å². The fraction of sp³-hybridized carbons (Fsp3) is 0.789. The van der Waals surface area contributed by atoms with Gasteiger partial charge in [-0.05, 0) is 24.2 Å². The first-order valence-corrected chi connectivity index (χ1v) is 9.79. The van der Waals surface area contributed by atoms with Crippen LogP contribution < -0.4 is 5.32 Å². The first-order chi connectivity index (χ1) is 13.2. The molecule has 2 atom stereocenters. The zero-order valence-electron chi connectivity index (χ0n) is 16.8. The number of alkyl carbamates (subject to hydrolysis) is 1. The number of amides is 4. The lowest BCUT2D eigenvalue weighted by Gasteiger charge is -2.34. The molecule has 0 bridgehead atoms. The molecule has 1 aliphatic heterocycles. The molecule has 2 fully saturated rings. The average molecular weight is 397 g/mol. The van der Waals surface area contributed by atoms with Crippen molar-refractivity contribution in [2.24, 2.45) is 17.3 Å². The molecule has 9 heteroatoms. The molecule has 2 rings (SSSR count). The number of nitrogens with zero attached hydrogens (tertiary/aromatic N) is 2. The number of imide groups is 1. The highest BCUT2D eigenvalue weighted by Gasteiger charge is 2.49. The minimum Gasteiger partial charge on any atom is -0.453 e. The fourth-order valence-electron chi connectivity index (χ4n) is 4.46. The molecule has 2 aliphatic rings. The molecule has 2 N–H and O–H groups in total. The fourth-order valence-corrected chi connectivity index (χ4v) is 4.46. The first-order valence-electron chi connectivity index (χ1n) is 9.79. The summed E-state index contributed by atoms with van der Waals surface area (Å²) in [6.07, 6.45) is 4.85. The molecular weight excluding hydrogens is 366 g/mol. The summed E-state index contributed by atoms with van der Waals surface area (Å²) < 4.78 is 4.49. The molecule has 1 saturated carbocycles. The molecule has 4 amide bonds. The van der Waals surface area contributed by atoms with Gasteiger partial charge in [-0.2, -0.15) is 0 Å². The molecule has 28 heavy (non-hydrogen) atoms. The van der Waals surface area contributed by atoms with Crippen molar-refractivity contribution in [3.63, 3.8) is 0 Å². The van der Waals surface area contributed by atoms with Gasteiger partial charge in [0.1, 0.15) is 6.04 Å². The van der Waals surface area contributed by atoms with E-state index in [4.69, 9.17) is 0 Å². The summed E-state index contributed by atoms with van der Waals surface area (Å²) in [6.45, 7) is 4.01. The van der Waals surface area contributed by atoms with Crippen molar-refractivity contribution >= 4 is 24.3 Å². The summed E-state index contributed by atoms with van der Waals surface area (Å²) in [7, 11) is 1.16. The number of likely N-dealkylation sites (tertiary alicyclic amines) is 1. The van der Waals surface area contributed by atoms with Crippen molar-refractivity contribution in [3.05, 3.63) is 0 Å². The van der Waals surface area contributed by atoms with Crippen LogP contribution in [0.4, 0.5) is 4.79 Å². The van der Waals surface area contributed by atoms with Gasteiger partial charge >= 0.3 is 6.09 Å². The number of rotatable bonds is 7. The van der Waals surface area contributed by atoms with Gasteiger partial charge in [0.2, 0.25) is 12.3 Å². The van der Waals surface area contributed by atoms with Gasteiger partial charge in [0, 0.05) is 6.54 Å². The first kappa shape index (κ1) is 22.1. The summed E-state index contributed by atoms with van der Waals surface area (Å²) in [5.41, 5.74) is -0.519. The van der Waals surface area contributed by atoms with Gasteiger partial charge in [0.15, 0.2) is 0 Å². The van der Waals surface area contributed by atoms with Gasteiger partial charge in [0.05, 0.1) is 19.6 Å².